The summed E-state index contributed by atoms with van der Waals surface area (Å²) >= 11 is 0. The van der Waals surface area contributed by atoms with E-state index < -0.39 is 205 Å². The van der Waals surface area contributed by atoms with E-state index in [9.17, 15) is 82.1 Å². The van der Waals surface area contributed by atoms with E-state index in [-0.39, 0.29) is 63.5 Å². The van der Waals surface area contributed by atoms with Crippen LogP contribution in [0.1, 0.15) is 165 Å². The molecule has 1 aromatic heterocycles. The Labute approximate surface area is 625 Å². The van der Waals surface area contributed by atoms with Crippen molar-refractivity contribution in [3.63, 3.8) is 0 Å². The Morgan fingerprint density at radius 1 is 0.467 bits per heavy atom. The molecule has 1 aromatic carbocycles. The molecule has 0 saturated carbocycles. The van der Waals surface area contributed by atoms with Crippen LogP contribution in [-0.2, 0) is 84.8 Å². The van der Waals surface area contributed by atoms with E-state index >= 15 is 0 Å². The van der Waals surface area contributed by atoms with Gasteiger partial charge in [-0.2, -0.15) is 0 Å². The number of unbranched alkanes of at least 4 members (excludes halogenated alkanes) is 2. The number of carbonyl (C=O) groups excluding carboxylic acids is 14. The molecule has 600 valence electrons. The quantitative estimate of drug-likeness (QED) is 0.0286. The number of aliphatic hydroxyl groups excluding tert-OH is 1. The molecule has 2 rings (SSSR count). The average molecular weight is 1510 g/mol. The van der Waals surface area contributed by atoms with Gasteiger partial charge in [0.2, 0.25) is 82.7 Å². The van der Waals surface area contributed by atoms with E-state index in [4.69, 9.17) is 22.9 Å². The first-order valence-corrected chi connectivity index (χ1v) is 36.6. The van der Waals surface area contributed by atoms with E-state index in [1.165, 1.54) is 26.4 Å². The molecule has 0 bridgehead atoms. The molecule has 0 fully saturated rings. The first-order chi connectivity index (χ1) is 50.4. The molecular weight excluding hydrogens is 1390 g/mol. The summed E-state index contributed by atoms with van der Waals surface area (Å²) in [5.41, 5.74) is 23.9. The van der Waals surface area contributed by atoms with Crippen LogP contribution in [0.15, 0.2) is 42.9 Å². The minimum Gasteiger partial charge on any atom is -0.481 e. The highest BCUT2D eigenvalue weighted by molar-refractivity contribution is 6.00. The molecule has 36 nitrogen and oxygen atoms in total. The molecule has 36 heteroatoms. The normalized spacial score (nSPS) is 15.5. The van der Waals surface area contributed by atoms with Crippen molar-refractivity contribution in [1.29, 1.82) is 0 Å². The van der Waals surface area contributed by atoms with Crippen LogP contribution in [0.4, 0.5) is 0 Å². The molecule has 15 atom stereocenters. The summed E-state index contributed by atoms with van der Waals surface area (Å²) in [5.74, 6) is -15.3. The summed E-state index contributed by atoms with van der Waals surface area (Å²) < 4.78 is 0. The van der Waals surface area contributed by atoms with Gasteiger partial charge >= 0.3 is 5.97 Å². The van der Waals surface area contributed by atoms with Crippen LogP contribution in [0.2, 0.25) is 0 Å². The smallest absolute Gasteiger partial charge is 0.305 e. The van der Waals surface area contributed by atoms with Crippen LogP contribution in [-0.4, -0.2) is 214 Å². The highest BCUT2D eigenvalue weighted by Gasteiger charge is 2.38. The van der Waals surface area contributed by atoms with Gasteiger partial charge in [-0.05, 0) is 113 Å². The maximum atomic E-state index is 14.6. The van der Waals surface area contributed by atoms with Crippen LogP contribution in [0.3, 0.4) is 0 Å². The summed E-state index contributed by atoms with van der Waals surface area (Å²) in [4.78, 5) is 211. The average Bonchev–Trinajstić information content (AvgIpc) is 1.52. The Balaban J connectivity index is 2.32. The van der Waals surface area contributed by atoms with Gasteiger partial charge in [0, 0.05) is 24.7 Å². The van der Waals surface area contributed by atoms with Crippen molar-refractivity contribution >= 4 is 88.7 Å². The van der Waals surface area contributed by atoms with E-state index in [1.54, 1.807) is 71.9 Å². The predicted octanol–water partition coefficient (Wildman–Crippen LogP) is -3.45. The largest absolute Gasteiger partial charge is 0.481 e. The number of aliphatic carboxylic acids is 1. The minimum absolute atomic E-state index is 0.0121. The van der Waals surface area contributed by atoms with Crippen molar-refractivity contribution in [3.05, 3.63) is 54.1 Å². The number of nitrogens with two attached hydrogens (primary N) is 4. The number of nitrogens with zero attached hydrogens (tertiary/aromatic N) is 1. The van der Waals surface area contributed by atoms with Gasteiger partial charge in [-0.1, -0.05) is 112 Å². The molecule has 14 amide bonds. The zero-order chi connectivity index (χ0) is 80.8. The number of H-pyrrole nitrogens is 1. The molecule has 107 heavy (non-hydrogen) atoms. The number of rotatable bonds is 51. The van der Waals surface area contributed by atoms with Crippen molar-refractivity contribution in [1.82, 2.24) is 79.1 Å². The fourth-order valence-corrected chi connectivity index (χ4v) is 11.0. The van der Waals surface area contributed by atoms with E-state index in [1.807, 2.05) is 27.7 Å². The van der Waals surface area contributed by atoms with Gasteiger partial charge in [0.05, 0.1) is 31.9 Å². The number of aliphatic hydroxyl groups is 1. The highest BCUT2D eigenvalue weighted by Crippen LogP contribution is 2.15. The number of benzene rings is 1. The lowest BCUT2D eigenvalue weighted by atomic mass is 9.96. The number of carbonyl (C=O) groups is 15. The lowest BCUT2D eigenvalue weighted by Crippen LogP contribution is -2.61. The maximum absolute atomic E-state index is 14.6. The van der Waals surface area contributed by atoms with Crippen molar-refractivity contribution in [3.8, 4) is 0 Å². The molecular formula is C71H119N19O17. The number of hydrogen-bond acceptors (Lipinski definition) is 20. The van der Waals surface area contributed by atoms with Gasteiger partial charge in [-0.25, -0.2) is 4.98 Å². The zero-order valence-corrected chi connectivity index (χ0v) is 63.7. The zero-order valence-electron chi connectivity index (χ0n) is 63.7. The Hall–Kier alpha value is -9.68. The SMILES string of the molecule is CC[C@H](C)[C@H](NC(=O)CNC(=O)[C@@H](NC(=O)[C@@H](NC(=O)[C@H](Cc1cnc[nH]1)NC(=O)[C@H](CCCCN)NC(=O)[C@H](C)NC(=O)[C@H](Cc1ccccc1)NC(=O)[C@H](CC(=O)O)NC(=O)[C@@H](N)CC(C)C)C(C)C)[C@@H](C)CC)C(=O)N[C@@H](C)C(=O)N[C@@H](CO)C(=O)N[C@@H](CCCCN)C(=O)N[C@@H](CC(C)C)C(N)=O. The third kappa shape index (κ3) is 34.2. The van der Waals surface area contributed by atoms with Crippen molar-refractivity contribution in [2.45, 2.75) is 245 Å². The number of aromatic amines is 1. The minimum atomic E-state index is -1.65. The number of carboxylic acid groups (broad SMARTS) is 1. The molecule has 2 aromatic rings. The maximum Gasteiger partial charge on any atom is 0.305 e. The van der Waals surface area contributed by atoms with Gasteiger partial charge in [0.1, 0.15) is 72.5 Å². The Kier molecular flexibility index (Phi) is 42.3. The summed E-state index contributed by atoms with van der Waals surface area (Å²) in [6.07, 6.45) is 4.26. The van der Waals surface area contributed by atoms with E-state index in [0.29, 0.717) is 49.8 Å². The summed E-state index contributed by atoms with van der Waals surface area (Å²) in [6, 6.07) is -9.19. The van der Waals surface area contributed by atoms with E-state index in [0.717, 1.165) is 0 Å². The second kappa shape index (κ2) is 48.5. The van der Waals surface area contributed by atoms with Crippen molar-refractivity contribution in [2.24, 2.45) is 52.5 Å². The van der Waals surface area contributed by atoms with Crippen LogP contribution in [0.25, 0.3) is 0 Å². The molecule has 0 aliphatic heterocycles. The number of nitrogens with one attached hydrogen (secondary N) is 14. The van der Waals surface area contributed by atoms with Gasteiger partial charge in [-0.3, -0.25) is 71.9 Å². The standard InChI is InChI=1S/C71H119N19O17/c1-13-40(9)57(69(105)77-34-54(92)88-58(41(10)14-2)71(107)80-43(12)61(97)87-53(35-91)68(104)82-48(25-19-21-27-73)63(99)83-49(59(75)95)29-38(5)6)90-70(106)56(39(7)8)89-67(103)51(31-45-33-76-36-78-45)86-64(100)47(24-18-20-26-72)81-60(96)42(11)79-65(101)50(30-44-22-16-15-17-23-44)85-66(102)52(32-55(93)94)84-62(98)46(74)28-37(3)4/h15-17,22-23,33,36-43,46-53,56-58,91H,13-14,18-21,24-32,34-35,72-74H2,1-12H3,(H2,75,95)(H,76,78)(H,77,105)(H,79,101)(H,80,107)(H,81,96)(H,82,104)(H,83,99)(H,84,98)(H,85,102)(H,86,100)(H,87,97)(H,88,92)(H,89,103)(H,90,106)(H,93,94)/t40-,41-,42-,43-,46-,47-,48-,49-,50-,51-,52-,53-,56-,57-,58-/m0/s1. The predicted molar refractivity (Wildman–Crippen MR) is 395 cm³/mol. The molecule has 0 aliphatic carbocycles. The second-order valence-electron chi connectivity index (χ2n) is 28.2. The topological polar surface area (TPSA) is 586 Å². The van der Waals surface area contributed by atoms with Crippen LogP contribution >= 0.6 is 0 Å². The van der Waals surface area contributed by atoms with Crippen LogP contribution in [0, 0.1) is 29.6 Å². The van der Waals surface area contributed by atoms with Gasteiger partial charge < -0.3 is 107 Å². The van der Waals surface area contributed by atoms with E-state index in [2.05, 4.69) is 79.1 Å². The van der Waals surface area contributed by atoms with Gasteiger partial charge in [-0.15, -0.1) is 0 Å². The molecule has 0 spiro atoms. The number of aromatic nitrogens is 2. The fourth-order valence-electron chi connectivity index (χ4n) is 11.0. The third-order valence-electron chi connectivity index (χ3n) is 17.7. The fraction of sp³-hybridized carbons (Fsp3) is 0.662. The monoisotopic (exact) mass is 1510 g/mol. The highest BCUT2D eigenvalue weighted by atomic mass is 16.4. The molecule has 0 saturated heterocycles. The lowest BCUT2D eigenvalue weighted by molar-refractivity contribution is -0.141. The summed E-state index contributed by atoms with van der Waals surface area (Å²) in [5, 5.41) is 53.1. The summed E-state index contributed by atoms with van der Waals surface area (Å²) in [7, 11) is 0. The van der Waals surface area contributed by atoms with Gasteiger partial charge in [0.15, 0.2) is 0 Å². The van der Waals surface area contributed by atoms with Crippen LogP contribution in [0.5, 0.6) is 0 Å². The number of imidazole rings is 1. The molecule has 1 heterocycles. The third-order valence-corrected chi connectivity index (χ3v) is 17.7. The Morgan fingerprint density at radius 2 is 0.897 bits per heavy atom. The number of carboxylic acids is 1. The molecule has 0 radical (unpaired) electrons. The van der Waals surface area contributed by atoms with Crippen LogP contribution < -0.4 is 92.1 Å². The van der Waals surface area contributed by atoms with Gasteiger partial charge in [0.25, 0.3) is 0 Å². The first-order valence-electron chi connectivity index (χ1n) is 36.6. The van der Waals surface area contributed by atoms with Crippen molar-refractivity contribution < 1.29 is 82.1 Å². The lowest BCUT2D eigenvalue weighted by Gasteiger charge is -2.30. The molecule has 0 unspecified atom stereocenters. The van der Waals surface area contributed by atoms with Crippen molar-refractivity contribution in [2.75, 3.05) is 26.2 Å². The number of primary amides is 1. The molecule has 24 N–H and O–H groups in total. The Morgan fingerprint density at radius 3 is 1.37 bits per heavy atom. The molecule has 0 aliphatic rings. The number of amides is 14. The number of hydrogen-bond donors (Lipinski definition) is 20. The second-order valence-corrected chi connectivity index (χ2v) is 28.2. The Bertz CT molecular complexity index is 3230. The summed E-state index contributed by atoms with van der Waals surface area (Å²) in [6.45, 7) is 18.8. The first kappa shape index (κ1) is 93.4.